The van der Waals surface area contributed by atoms with E-state index >= 15 is 0 Å². The molecule has 1 heterocycles. The van der Waals surface area contributed by atoms with Crippen LogP contribution in [0.3, 0.4) is 0 Å². The van der Waals surface area contributed by atoms with Crippen molar-refractivity contribution >= 4 is 22.4 Å². The van der Waals surface area contributed by atoms with Gasteiger partial charge in [0.2, 0.25) is 10.0 Å². The van der Waals surface area contributed by atoms with Crippen molar-refractivity contribution in [2.75, 3.05) is 20.1 Å². The molecule has 1 N–H and O–H groups in total. The van der Waals surface area contributed by atoms with Crippen LogP contribution in [0, 0.1) is 18.3 Å². The van der Waals surface area contributed by atoms with Crippen LogP contribution < -0.4 is 5.32 Å². The maximum Gasteiger partial charge on any atom is 0.243 e. The molecule has 0 amide bonds. The molecule has 0 aliphatic carbocycles. The van der Waals surface area contributed by atoms with Gasteiger partial charge in [-0.15, -0.1) is 12.4 Å². The molecule has 1 aliphatic heterocycles. The number of nitrogens with one attached hydrogen (secondary N) is 1. The quantitative estimate of drug-likeness (QED) is 0.911. The lowest BCUT2D eigenvalue weighted by atomic mass is 10.2. The van der Waals surface area contributed by atoms with Gasteiger partial charge in [0.15, 0.2) is 0 Å². The third-order valence-electron chi connectivity index (χ3n) is 3.52. The fourth-order valence-electron chi connectivity index (χ4n) is 2.25. The Kier molecular flexibility index (Phi) is 5.54. The number of rotatable bonds is 3. The molecular weight excluding hydrogens is 298 g/mol. The molecule has 5 nitrogen and oxygen atoms in total. The maximum atomic E-state index is 12.6. The molecule has 2 rings (SSSR count). The van der Waals surface area contributed by atoms with E-state index in [4.69, 9.17) is 5.26 Å². The van der Waals surface area contributed by atoms with Gasteiger partial charge in [-0.3, -0.25) is 0 Å². The summed E-state index contributed by atoms with van der Waals surface area (Å²) < 4.78 is 26.6. The van der Waals surface area contributed by atoms with E-state index in [1.54, 1.807) is 26.1 Å². The van der Waals surface area contributed by atoms with E-state index in [0.717, 1.165) is 13.0 Å². The fourth-order valence-corrected chi connectivity index (χ4v) is 3.88. The van der Waals surface area contributed by atoms with Gasteiger partial charge < -0.3 is 5.32 Å². The smallest absolute Gasteiger partial charge is 0.243 e. The zero-order valence-corrected chi connectivity index (χ0v) is 13.1. The van der Waals surface area contributed by atoms with E-state index in [2.05, 4.69) is 5.32 Å². The van der Waals surface area contributed by atoms with Gasteiger partial charge in [0.1, 0.15) is 0 Å². The molecule has 1 saturated heterocycles. The van der Waals surface area contributed by atoms with Crippen molar-refractivity contribution < 1.29 is 8.42 Å². The summed E-state index contributed by atoms with van der Waals surface area (Å²) in [5.74, 6) is 0. The third kappa shape index (κ3) is 3.13. The second-order valence-corrected chi connectivity index (χ2v) is 6.73. The third-order valence-corrected chi connectivity index (χ3v) is 5.57. The minimum atomic E-state index is -3.54. The largest absolute Gasteiger partial charge is 0.315 e. The Balaban J connectivity index is 0.00000200. The summed E-state index contributed by atoms with van der Waals surface area (Å²) in [6.07, 6.45) is 0.812. The molecule has 1 unspecified atom stereocenters. The summed E-state index contributed by atoms with van der Waals surface area (Å²) in [6, 6.07) is 6.71. The van der Waals surface area contributed by atoms with E-state index in [1.165, 1.54) is 10.4 Å². The van der Waals surface area contributed by atoms with Crippen LogP contribution in [0.25, 0.3) is 0 Å². The second kappa shape index (κ2) is 6.55. The minimum absolute atomic E-state index is 0. The van der Waals surface area contributed by atoms with E-state index in [-0.39, 0.29) is 23.3 Å². The molecule has 1 atom stereocenters. The van der Waals surface area contributed by atoms with Crippen LogP contribution in [-0.2, 0) is 10.0 Å². The second-order valence-electron chi connectivity index (χ2n) is 4.76. The van der Waals surface area contributed by atoms with Gasteiger partial charge in [0.25, 0.3) is 0 Å². The van der Waals surface area contributed by atoms with Crippen molar-refractivity contribution in [3.8, 4) is 6.07 Å². The standard InChI is InChI=1S/C13H17N3O2S.ClH/c1-10-3-4-11(8-14)7-13(10)19(17,18)16(2)12-5-6-15-9-12;/h3-4,7,12,15H,5-6,9H2,1-2H3;1H. The van der Waals surface area contributed by atoms with Crippen LogP contribution in [0.1, 0.15) is 17.5 Å². The van der Waals surface area contributed by atoms with Gasteiger partial charge in [-0.2, -0.15) is 9.57 Å². The normalized spacial score (nSPS) is 18.6. The van der Waals surface area contributed by atoms with Crippen LogP contribution in [-0.4, -0.2) is 38.9 Å². The molecule has 1 aromatic rings. The molecule has 1 fully saturated rings. The molecule has 1 aliphatic rings. The number of hydrogen-bond acceptors (Lipinski definition) is 4. The Labute approximate surface area is 126 Å². The Morgan fingerprint density at radius 1 is 1.45 bits per heavy atom. The summed E-state index contributed by atoms with van der Waals surface area (Å²) in [5, 5.41) is 12.1. The zero-order valence-electron chi connectivity index (χ0n) is 11.5. The first-order chi connectivity index (χ1) is 8.96. The lowest BCUT2D eigenvalue weighted by molar-refractivity contribution is 0.387. The summed E-state index contributed by atoms with van der Waals surface area (Å²) in [7, 11) is -1.94. The fraction of sp³-hybridized carbons (Fsp3) is 0.462. The highest BCUT2D eigenvalue weighted by atomic mass is 35.5. The van der Waals surface area contributed by atoms with E-state index in [1.807, 2.05) is 6.07 Å². The number of benzene rings is 1. The predicted octanol–water partition coefficient (Wildman–Crippen LogP) is 1.27. The number of sulfonamides is 1. The highest BCUT2D eigenvalue weighted by Gasteiger charge is 2.31. The monoisotopic (exact) mass is 315 g/mol. The van der Waals surface area contributed by atoms with Crippen molar-refractivity contribution in [3.05, 3.63) is 29.3 Å². The predicted molar refractivity (Wildman–Crippen MR) is 79.4 cm³/mol. The zero-order chi connectivity index (χ0) is 14.0. The maximum absolute atomic E-state index is 12.6. The van der Waals surface area contributed by atoms with Crippen LogP contribution in [0.5, 0.6) is 0 Å². The lowest BCUT2D eigenvalue weighted by Crippen LogP contribution is -2.38. The number of aryl methyl sites for hydroxylation is 1. The molecule has 110 valence electrons. The van der Waals surface area contributed by atoms with Crippen molar-refractivity contribution in [1.82, 2.24) is 9.62 Å². The van der Waals surface area contributed by atoms with Gasteiger partial charge in [0.05, 0.1) is 16.5 Å². The van der Waals surface area contributed by atoms with Gasteiger partial charge in [0, 0.05) is 19.6 Å². The number of nitrogens with zero attached hydrogens (tertiary/aromatic N) is 2. The number of likely N-dealkylation sites (N-methyl/N-ethyl adjacent to an activating group) is 1. The van der Waals surface area contributed by atoms with Crippen LogP contribution in [0.15, 0.2) is 23.1 Å². The van der Waals surface area contributed by atoms with Gasteiger partial charge in [-0.25, -0.2) is 8.42 Å². The first kappa shape index (κ1) is 16.9. The van der Waals surface area contributed by atoms with Crippen LogP contribution >= 0.6 is 12.4 Å². The van der Waals surface area contributed by atoms with Crippen molar-refractivity contribution in [2.45, 2.75) is 24.3 Å². The van der Waals surface area contributed by atoms with Gasteiger partial charge >= 0.3 is 0 Å². The molecule has 0 spiro atoms. The first-order valence-electron chi connectivity index (χ1n) is 6.16. The minimum Gasteiger partial charge on any atom is -0.315 e. The van der Waals surface area contributed by atoms with E-state index < -0.39 is 10.0 Å². The van der Waals surface area contributed by atoms with Crippen LogP contribution in [0.4, 0.5) is 0 Å². The Morgan fingerprint density at radius 2 is 2.15 bits per heavy atom. The number of halogens is 1. The highest BCUT2D eigenvalue weighted by Crippen LogP contribution is 2.23. The number of hydrogen-bond donors (Lipinski definition) is 1. The molecule has 0 saturated carbocycles. The highest BCUT2D eigenvalue weighted by molar-refractivity contribution is 7.89. The molecule has 1 aromatic carbocycles. The molecule has 0 aromatic heterocycles. The van der Waals surface area contributed by atoms with Crippen LogP contribution in [0.2, 0.25) is 0 Å². The van der Waals surface area contributed by atoms with E-state index in [9.17, 15) is 8.42 Å². The Bertz CT molecular complexity index is 619. The molecule has 0 radical (unpaired) electrons. The SMILES string of the molecule is Cc1ccc(C#N)cc1S(=O)(=O)N(C)C1CCNC1.Cl. The summed E-state index contributed by atoms with van der Waals surface area (Å²) >= 11 is 0. The van der Waals surface area contributed by atoms with Gasteiger partial charge in [-0.05, 0) is 37.6 Å². The molecule has 20 heavy (non-hydrogen) atoms. The van der Waals surface area contributed by atoms with Crippen molar-refractivity contribution in [2.24, 2.45) is 0 Å². The summed E-state index contributed by atoms with van der Waals surface area (Å²) in [5.41, 5.74) is 1.03. The molecule has 7 heteroatoms. The lowest BCUT2D eigenvalue weighted by Gasteiger charge is -2.24. The first-order valence-corrected chi connectivity index (χ1v) is 7.60. The average molecular weight is 316 g/mol. The Morgan fingerprint density at radius 3 is 2.70 bits per heavy atom. The Hall–Kier alpha value is -1.13. The number of nitriles is 1. The van der Waals surface area contributed by atoms with E-state index in [0.29, 0.717) is 17.7 Å². The summed E-state index contributed by atoms with van der Waals surface area (Å²) in [4.78, 5) is 0.223. The van der Waals surface area contributed by atoms with Crippen molar-refractivity contribution in [3.63, 3.8) is 0 Å². The average Bonchev–Trinajstić information content (AvgIpc) is 2.92. The summed E-state index contributed by atoms with van der Waals surface area (Å²) in [6.45, 7) is 3.25. The van der Waals surface area contributed by atoms with Crippen molar-refractivity contribution in [1.29, 1.82) is 5.26 Å². The molecular formula is C13H18ClN3O2S. The molecule has 0 bridgehead atoms. The van der Waals surface area contributed by atoms with Gasteiger partial charge in [-0.1, -0.05) is 6.07 Å². The topological polar surface area (TPSA) is 73.2 Å².